The van der Waals surface area contributed by atoms with Crippen molar-refractivity contribution in [2.24, 2.45) is 5.10 Å². The molecule has 2 unspecified atom stereocenters. The summed E-state index contributed by atoms with van der Waals surface area (Å²) in [7, 11) is 1.59. The molecule has 0 radical (unpaired) electrons. The molecule has 1 aromatic rings. The number of aliphatic carboxylic acids is 1. The van der Waals surface area contributed by atoms with Crippen molar-refractivity contribution in [3.8, 4) is 0 Å². The average Bonchev–Trinajstić information content (AvgIpc) is 3.20. The van der Waals surface area contributed by atoms with Gasteiger partial charge in [0.2, 0.25) is 0 Å². The van der Waals surface area contributed by atoms with Crippen molar-refractivity contribution >= 4 is 23.3 Å². The molecule has 3 rings (SSSR count). The standard InChI is InChI=1S/C18H23N3O4/c1-12-7-8-21(19-12)14-5-3-13(4-6-14)18(24)20-11-16(25-2)9-15(20)10-17(22)23/h3-6,15-16H,7-11H2,1-2H3,(H,22,23). The number of amides is 1. The zero-order valence-electron chi connectivity index (χ0n) is 14.5. The molecule has 0 saturated carbocycles. The second kappa shape index (κ2) is 7.23. The Kier molecular flexibility index (Phi) is 5.03. The van der Waals surface area contributed by atoms with Gasteiger partial charge in [-0.2, -0.15) is 5.10 Å². The predicted molar refractivity (Wildman–Crippen MR) is 94.0 cm³/mol. The summed E-state index contributed by atoms with van der Waals surface area (Å²) in [5, 5.41) is 15.5. The summed E-state index contributed by atoms with van der Waals surface area (Å²) in [6.45, 7) is 3.27. The number of nitrogens with zero attached hydrogens (tertiary/aromatic N) is 3. The van der Waals surface area contributed by atoms with Crippen molar-refractivity contribution in [3.05, 3.63) is 29.8 Å². The third-order valence-electron chi connectivity index (χ3n) is 4.77. The Bertz CT molecular complexity index is 686. The van der Waals surface area contributed by atoms with Crippen molar-refractivity contribution in [2.75, 3.05) is 25.2 Å². The van der Waals surface area contributed by atoms with Gasteiger partial charge in [-0.3, -0.25) is 14.6 Å². The maximum absolute atomic E-state index is 12.8. The zero-order valence-corrected chi connectivity index (χ0v) is 14.5. The number of carbonyl (C=O) groups excluding carboxylic acids is 1. The molecule has 0 aliphatic carbocycles. The van der Waals surface area contributed by atoms with Crippen molar-refractivity contribution < 1.29 is 19.4 Å². The van der Waals surface area contributed by atoms with Crippen LogP contribution in [-0.4, -0.2) is 59.9 Å². The van der Waals surface area contributed by atoms with E-state index in [0.29, 0.717) is 18.5 Å². The van der Waals surface area contributed by atoms with Gasteiger partial charge in [0.1, 0.15) is 0 Å². The van der Waals surface area contributed by atoms with Crippen LogP contribution in [0.4, 0.5) is 5.69 Å². The van der Waals surface area contributed by atoms with Gasteiger partial charge in [-0.1, -0.05) is 0 Å². The molecule has 7 heteroatoms. The Balaban J connectivity index is 1.74. The van der Waals surface area contributed by atoms with E-state index >= 15 is 0 Å². The average molecular weight is 345 g/mol. The van der Waals surface area contributed by atoms with Crippen LogP contribution < -0.4 is 5.01 Å². The number of hydrogen-bond donors (Lipinski definition) is 1. The predicted octanol–water partition coefficient (Wildman–Crippen LogP) is 1.98. The van der Waals surface area contributed by atoms with Crippen molar-refractivity contribution in [1.29, 1.82) is 0 Å². The monoisotopic (exact) mass is 345 g/mol. The smallest absolute Gasteiger partial charge is 0.305 e. The Labute approximate surface area is 146 Å². The fraction of sp³-hybridized carbons (Fsp3) is 0.500. The van der Waals surface area contributed by atoms with Crippen LogP contribution in [-0.2, 0) is 9.53 Å². The summed E-state index contributed by atoms with van der Waals surface area (Å²) in [5.41, 5.74) is 2.60. The topological polar surface area (TPSA) is 82.4 Å². The minimum absolute atomic E-state index is 0.0640. The lowest BCUT2D eigenvalue weighted by Gasteiger charge is -2.23. The zero-order chi connectivity index (χ0) is 18.0. The van der Waals surface area contributed by atoms with Gasteiger partial charge in [-0.05, 0) is 37.6 Å². The number of carbonyl (C=O) groups is 2. The molecule has 134 valence electrons. The number of likely N-dealkylation sites (tertiary alicyclic amines) is 1. The van der Waals surface area contributed by atoms with Crippen LogP contribution in [0, 0.1) is 0 Å². The highest BCUT2D eigenvalue weighted by molar-refractivity contribution is 5.95. The van der Waals surface area contributed by atoms with Gasteiger partial charge in [0.05, 0.1) is 18.2 Å². The highest BCUT2D eigenvalue weighted by atomic mass is 16.5. The first-order valence-electron chi connectivity index (χ1n) is 8.45. The Morgan fingerprint density at radius 2 is 2.04 bits per heavy atom. The van der Waals surface area contributed by atoms with E-state index in [2.05, 4.69) is 5.10 Å². The number of anilines is 1. The molecule has 2 heterocycles. The number of hydrazone groups is 1. The molecule has 7 nitrogen and oxygen atoms in total. The molecular formula is C18H23N3O4. The van der Waals surface area contributed by atoms with Gasteiger partial charge in [-0.15, -0.1) is 0 Å². The maximum Gasteiger partial charge on any atom is 0.305 e. The fourth-order valence-electron chi connectivity index (χ4n) is 3.39. The number of carboxylic acid groups (broad SMARTS) is 1. The van der Waals surface area contributed by atoms with E-state index < -0.39 is 5.97 Å². The van der Waals surface area contributed by atoms with E-state index in [1.165, 1.54) is 0 Å². The number of ether oxygens (including phenoxy) is 1. The minimum atomic E-state index is -0.905. The van der Waals surface area contributed by atoms with E-state index in [9.17, 15) is 9.59 Å². The molecule has 1 amide bonds. The van der Waals surface area contributed by atoms with Crippen molar-refractivity contribution in [3.63, 3.8) is 0 Å². The lowest BCUT2D eigenvalue weighted by Crippen LogP contribution is -2.37. The Morgan fingerprint density at radius 1 is 1.32 bits per heavy atom. The van der Waals surface area contributed by atoms with Gasteiger partial charge in [0.15, 0.2) is 0 Å². The molecule has 1 N–H and O–H groups in total. The van der Waals surface area contributed by atoms with Crippen molar-refractivity contribution in [2.45, 2.75) is 38.3 Å². The second-order valence-corrected chi connectivity index (χ2v) is 6.56. The number of benzene rings is 1. The summed E-state index contributed by atoms with van der Waals surface area (Å²) in [6.07, 6.45) is 1.32. The highest BCUT2D eigenvalue weighted by Gasteiger charge is 2.36. The van der Waals surface area contributed by atoms with Crippen LogP contribution in [0.25, 0.3) is 0 Å². The number of methoxy groups -OCH3 is 1. The van der Waals surface area contributed by atoms with Crippen LogP contribution in [0.1, 0.15) is 36.5 Å². The van der Waals surface area contributed by atoms with Gasteiger partial charge in [0, 0.05) is 43.9 Å². The minimum Gasteiger partial charge on any atom is -0.481 e. The first kappa shape index (κ1) is 17.4. The SMILES string of the molecule is COC1CC(CC(=O)O)N(C(=O)c2ccc(N3CCC(C)=N3)cc2)C1. The first-order chi connectivity index (χ1) is 12.0. The molecule has 1 saturated heterocycles. The molecule has 0 bridgehead atoms. The normalized spacial score (nSPS) is 23.0. The number of carboxylic acids is 1. The van der Waals surface area contributed by atoms with Gasteiger partial charge in [-0.25, -0.2) is 0 Å². The summed E-state index contributed by atoms with van der Waals surface area (Å²) < 4.78 is 5.33. The maximum atomic E-state index is 12.8. The van der Waals surface area contributed by atoms with Crippen LogP contribution >= 0.6 is 0 Å². The largest absolute Gasteiger partial charge is 0.481 e. The van der Waals surface area contributed by atoms with E-state index in [0.717, 1.165) is 24.4 Å². The second-order valence-electron chi connectivity index (χ2n) is 6.56. The molecule has 2 atom stereocenters. The summed E-state index contributed by atoms with van der Waals surface area (Å²) in [6, 6.07) is 6.98. The lowest BCUT2D eigenvalue weighted by molar-refractivity contribution is -0.137. The molecular weight excluding hydrogens is 322 g/mol. The third-order valence-corrected chi connectivity index (χ3v) is 4.77. The number of rotatable bonds is 5. The highest BCUT2D eigenvalue weighted by Crippen LogP contribution is 2.26. The molecule has 2 aliphatic rings. The summed E-state index contributed by atoms with van der Waals surface area (Å²) in [5.74, 6) is -1.06. The molecule has 1 fully saturated rings. The molecule has 25 heavy (non-hydrogen) atoms. The van der Waals surface area contributed by atoms with Crippen LogP contribution in [0.3, 0.4) is 0 Å². The van der Waals surface area contributed by atoms with E-state index in [4.69, 9.17) is 9.84 Å². The molecule has 2 aliphatic heterocycles. The quantitative estimate of drug-likeness (QED) is 0.882. The molecule has 0 aromatic heterocycles. The first-order valence-corrected chi connectivity index (χ1v) is 8.45. The number of hydrogen-bond acceptors (Lipinski definition) is 5. The third kappa shape index (κ3) is 3.82. The van der Waals surface area contributed by atoms with Gasteiger partial charge in [0.25, 0.3) is 5.91 Å². The lowest BCUT2D eigenvalue weighted by atomic mass is 10.1. The van der Waals surface area contributed by atoms with Crippen LogP contribution in [0.15, 0.2) is 29.4 Å². The van der Waals surface area contributed by atoms with E-state index in [-0.39, 0.29) is 24.5 Å². The Morgan fingerprint density at radius 3 is 2.60 bits per heavy atom. The molecule has 0 spiro atoms. The summed E-state index contributed by atoms with van der Waals surface area (Å²) in [4.78, 5) is 25.5. The van der Waals surface area contributed by atoms with Crippen LogP contribution in [0.5, 0.6) is 0 Å². The molecule has 1 aromatic carbocycles. The Hall–Kier alpha value is -2.41. The van der Waals surface area contributed by atoms with E-state index in [1.54, 1.807) is 24.1 Å². The van der Waals surface area contributed by atoms with Gasteiger partial charge >= 0.3 is 5.97 Å². The van der Waals surface area contributed by atoms with Gasteiger partial charge < -0.3 is 14.7 Å². The fourth-order valence-corrected chi connectivity index (χ4v) is 3.39. The summed E-state index contributed by atoms with van der Waals surface area (Å²) >= 11 is 0. The van der Waals surface area contributed by atoms with E-state index in [1.807, 2.05) is 24.1 Å². The van der Waals surface area contributed by atoms with Crippen LogP contribution in [0.2, 0.25) is 0 Å². The van der Waals surface area contributed by atoms with Crippen molar-refractivity contribution in [1.82, 2.24) is 4.90 Å².